The summed E-state index contributed by atoms with van der Waals surface area (Å²) in [5.74, 6) is -3.11. The number of ether oxygens (including phenoxy) is 5. The van der Waals surface area contributed by atoms with Gasteiger partial charge < -0.3 is 49.4 Å². The Bertz CT molecular complexity index is 1260. The summed E-state index contributed by atoms with van der Waals surface area (Å²) >= 11 is 0. The number of carbonyl (C=O) groups is 5. The zero-order valence-corrected chi connectivity index (χ0v) is 25.0. The summed E-state index contributed by atoms with van der Waals surface area (Å²) in [7, 11) is 0. The molecule has 2 heterocycles. The van der Waals surface area contributed by atoms with Gasteiger partial charge in [-0.15, -0.1) is 0 Å². The number of carbonyl (C=O) groups excluding carboxylic acids is 4. The summed E-state index contributed by atoms with van der Waals surface area (Å²) in [6.45, 7) is 5.25. The van der Waals surface area contributed by atoms with Crippen LogP contribution in [-0.2, 0) is 44.8 Å². The van der Waals surface area contributed by atoms with Crippen LogP contribution in [0.15, 0.2) is 30.4 Å². The fourth-order valence-electron chi connectivity index (χ4n) is 4.02. The highest BCUT2D eigenvalue weighted by atomic mass is 16.7. The van der Waals surface area contributed by atoms with Gasteiger partial charge in [0.2, 0.25) is 12.2 Å². The van der Waals surface area contributed by atoms with Crippen molar-refractivity contribution in [2.45, 2.75) is 64.5 Å². The summed E-state index contributed by atoms with van der Waals surface area (Å²) in [4.78, 5) is 59.7. The van der Waals surface area contributed by atoms with Crippen LogP contribution in [0.4, 0.5) is 0 Å². The third-order valence-corrected chi connectivity index (χ3v) is 6.59. The van der Waals surface area contributed by atoms with Gasteiger partial charge >= 0.3 is 11.9 Å². The fraction of sp³-hybridized carbons (Fsp3) is 0.552. The minimum atomic E-state index is -1.91. The Hall–Kier alpha value is -4.09. The number of rotatable bonds is 15. The SMILES string of the molecule is CC(C)(C)C(=O)OCc1ccc(OCCOCCNC(=O)CCN2C(=O)C=CC2=O)cc1O[C@@H]1O[C@H](C(=O)O)[C@@H](O)[C@H](O)[C@H]1O. The second-order valence-electron chi connectivity index (χ2n) is 11.2. The van der Waals surface area contributed by atoms with Crippen molar-refractivity contribution in [3.63, 3.8) is 0 Å². The average molecular weight is 639 g/mol. The molecule has 0 spiro atoms. The van der Waals surface area contributed by atoms with Crippen molar-refractivity contribution in [3.05, 3.63) is 35.9 Å². The van der Waals surface area contributed by atoms with E-state index in [1.54, 1.807) is 26.8 Å². The molecule has 16 heteroatoms. The molecule has 1 aromatic rings. The van der Waals surface area contributed by atoms with Crippen LogP contribution in [0, 0.1) is 5.41 Å². The monoisotopic (exact) mass is 638 g/mol. The highest BCUT2D eigenvalue weighted by molar-refractivity contribution is 6.13. The minimum absolute atomic E-state index is 0.0114. The molecular formula is C29H38N2O14. The molecule has 248 valence electrons. The summed E-state index contributed by atoms with van der Waals surface area (Å²) in [6.07, 6.45) is -6.95. The number of esters is 1. The Kier molecular flexibility index (Phi) is 12.4. The standard InChI is InChI=1S/C29H38N2O14/c1-29(2,3)28(40)43-15-16-4-5-17(14-18(16)44-27-24(37)22(35)23(36)25(45-27)26(38)39)42-13-12-41-11-9-30-19(32)8-10-31-20(33)6-7-21(31)34/h4-7,14,22-25,27,35-37H,8-13,15H2,1-3H3,(H,30,32)(H,38,39)/t22-,23-,24+,25-,27+/m0/s1. The molecule has 0 aromatic heterocycles. The zero-order chi connectivity index (χ0) is 33.3. The number of nitrogens with one attached hydrogen (secondary N) is 1. The van der Waals surface area contributed by atoms with E-state index >= 15 is 0 Å². The topological polar surface area (TPSA) is 228 Å². The summed E-state index contributed by atoms with van der Waals surface area (Å²) in [5.41, 5.74) is -0.485. The number of aliphatic hydroxyl groups excluding tert-OH is 3. The van der Waals surface area contributed by atoms with E-state index in [1.807, 2.05) is 0 Å². The van der Waals surface area contributed by atoms with Crippen molar-refractivity contribution in [3.8, 4) is 11.5 Å². The first-order chi connectivity index (χ1) is 21.2. The molecule has 1 saturated heterocycles. The minimum Gasteiger partial charge on any atom is -0.491 e. The van der Waals surface area contributed by atoms with Gasteiger partial charge in [-0.3, -0.25) is 24.1 Å². The van der Waals surface area contributed by atoms with Crippen molar-refractivity contribution < 1.29 is 68.1 Å². The molecule has 1 aromatic carbocycles. The molecule has 16 nitrogen and oxygen atoms in total. The van der Waals surface area contributed by atoms with E-state index in [0.29, 0.717) is 5.56 Å². The van der Waals surface area contributed by atoms with E-state index in [9.17, 15) is 44.4 Å². The van der Waals surface area contributed by atoms with Crippen LogP contribution in [0.3, 0.4) is 0 Å². The molecule has 0 radical (unpaired) electrons. The van der Waals surface area contributed by atoms with Gasteiger partial charge in [0.05, 0.1) is 18.6 Å². The third kappa shape index (κ3) is 9.95. The number of carboxylic acids is 1. The maximum atomic E-state index is 12.3. The molecule has 1 fully saturated rings. The van der Waals surface area contributed by atoms with E-state index in [2.05, 4.69) is 5.32 Å². The van der Waals surface area contributed by atoms with Crippen LogP contribution in [0.1, 0.15) is 32.8 Å². The van der Waals surface area contributed by atoms with Crippen LogP contribution >= 0.6 is 0 Å². The second kappa shape index (κ2) is 15.8. The molecule has 3 rings (SSSR count). The number of hydrogen-bond donors (Lipinski definition) is 5. The van der Waals surface area contributed by atoms with Crippen molar-refractivity contribution in [2.75, 3.05) is 32.9 Å². The second-order valence-corrected chi connectivity index (χ2v) is 11.2. The summed E-state index contributed by atoms with van der Waals surface area (Å²) < 4.78 is 27.4. The van der Waals surface area contributed by atoms with E-state index in [-0.39, 0.29) is 63.3 Å². The quantitative estimate of drug-likeness (QED) is 0.0871. The normalized spacial score (nSPS) is 23.2. The van der Waals surface area contributed by atoms with Crippen molar-refractivity contribution in [2.24, 2.45) is 5.41 Å². The number of nitrogens with zero attached hydrogens (tertiary/aromatic N) is 1. The number of hydrogen-bond acceptors (Lipinski definition) is 13. The van der Waals surface area contributed by atoms with Crippen LogP contribution in [0.5, 0.6) is 11.5 Å². The van der Waals surface area contributed by atoms with Crippen LogP contribution in [0.2, 0.25) is 0 Å². The van der Waals surface area contributed by atoms with Crippen LogP contribution in [0.25, 0.3) is 0 Å². The lowest BCUT2D eigenvalue weighted by Crippen LogP contribution is -2.61. The van der Waals surface area contributed by atoms with Gasteiger partial charge in [-0.05, 0) is 32.9 Å². The number of imide groups is 1. The molecule has 2 aliphatic heterocycles. The highest BCUT2D eigenvalue weighted by Crippen LogP contribution is 2.31. The summed E-state index contributed by atoms with van der Waals surface area (Å²) in [6, 6.07) is 4.45. The predicted molar refractivity (Wildman–Crippen MR) is 150 cm³/mol. The molecule has 45 heavy (non-hydrogen) atoms. The van der Waals surface area contributed by atoms with Gasteiger partial charge in [-0.1, -0.05) is 0 Å². The first-order valence-corrected chi connectivity index (χ1v) is 14.1. The van der Waals surface area contributed by atoms with Crippen LogP contribution in [-0.4, -0.2) is 119 Å². The van der Waals surface area contributed by atoms with Crippen molar-refractivity contribution in [1.29, 1.82) is 0 Å². The number of aliphatic carboxylic acids is 1. The van der Waals surface area contributed by atoms with E-state index in [4.69, 9.17) is 23.7 Å². The maximum absolute atomic E-state index is 12.3. The van der Waals surface area contributed by atoms with Gasteiger partial charge in [-0.2, -0.15) is 0 Å². The lowest BCUT2D eigenvalue weighted by molar-refractivity contribution is -0.271. The number of benzene rings is 1. The maximum Gasteiger partial charge on any atom is 0.335 e. The molecule has 3 amide bonds. The molecule has 5 N–H and O–H groups in total. The smallest absolute Gasteiger partial charge is 0.335 e. The molecule has 0 bridgehead atoms. The molecule has 2 aliphatic rings. The Labute approximate surface area is 258 Å². The Morgan fingerprint density at radius 1 is 0.978 bits per heavy atom. The molecule has 0 saturated carbocycles. The lowest BCUT2D eigenvalue weighted by atomic mass is 9.97. The van der Waals surface area contributed by atoms with Crippen molar-refractivity contribution >= 4 is 29.7 Å². The average Bonchev–Trinajstić information content (AvgIpc) is 3.30. The lowest BCUT2D eigenvalue weighted by Gasteiger charge is -2.38. The Morgan fingerprint density at radius 2 is 1.67 bits per heavy atom. The highest BCUT2D eigenvalue weighted by Gasteiger charge is 2.48. The largest absolute Gasteiger partial charge is 0.491 e. The molecular weight excluding hydrogens is 600 g/mol. The Morgan fingerprint density at radius 3 is 2.31 bits per heavy atom. The van der Waals surface area contributed by atoms with Crippen LogP contribution < -0.4 is 14.8 Å². The zero-order valence-electron chi connectivity index (χ0n) is 25.0. The van der Waals surface area contributed by atoms with E-state index in [1.165, 1.54) is 12.1 Å². The van der Waals surface area contributed by atoms with Gasteiger partial charge in [0.1, 0.15) is 43.0 Å². The van der Waals surface area contributed by atoms with Gasteiger partial charge in [-0.25, -0.2) is 4.79 Å². The molecule has 5 atom stereocenters. The first-order valence-electron chi connectivity index (χ1n) is 14.1. The van der Waals surface area contributed by atoms with Gasteiger partial charge in [0, 0.05) is 43.3 Å². The van der Waals surface area contributed by atoms with E-state index in [0.717, 1.165) is 17.1 Å². The van der Waals surface area contributed by atoms with E-state index < -0.39 is 59.9 Å². The third-order valence-electron chi connectivity index (χ3n) is 6.59. The van der Waals surface area contributed by atoms with Gasteiger partial charge in [0.25, 0.3) is 11.8 Å². The predicted octanol–water partition coefficient (Wildman–Crippen LogP) is -1.13. The first kappa shape index (κ1) is 35.4. The summed E-state index contributed by atoms with van der Waals surface area (Å²) in [5, 5.41) is 42.4. The fourth-order valence-corrected chi connectivity index (χ4v) is 4.02. The molecule has 0 unspecified atom stereocenters. The molecule has 0 aliphatic carbocycles. The van der Waals surface area contributed by atoms with Gasteiger partial charge in [0.15, 0.2) is 6.10 Å². The Balaban J connectivity index is 1.52. The van der Waals surface area contributed by atoms with Crippen molar-refractivity contribution in [1.82, 2.24) is 10.2 Å². The number of amides is 3. The number of carboxylic acid groups (broad SMARTS) is 1. The number of aliphatic hydroxyl groups is 3.